The minimum absolute atomic E-state index is 0.0152. The fourth-order valence-corrected chi connectivity index (χ4v) is 2.84. The smallest absolute Gasteiger partial charge is 0.225 e. The van der Waals surface area contributed by atoms with Gasteiger partial charge in [0.2, 0.25) is 11.8 Å². The number of rotatable bonds is 7. The molecule has 1 heterocycles. The van der Waals surface area contributed by atoms with Crippen LogP contribution in [0.5, 0.6) is 0 Å². The third kappa shape index (κ3) is 6.20. The van der Waals surface area contributed by atoms with E-state index in [4.69, 9.17) is 11.6 Å². The predicted molar refractivity (Wildman–Crippen MR) is 92.0 cm³/mol. The summed E-state index contributed by atoms with van der Waals surface area (Å²) in [4.78, 5) is 26.8. The number of hydrogen-bond donors (Lipinski definition) is 1. The Morgan fingerprint density at radius 1 is 1.41 bits per heavy atom. The molecule has 0 spiro atoms. The van der Waals surface area contributed by atoms with E-state index < -0.39 is 5.41 Å². The summed E-state index contributed by atoms with van der Waals surface area (Å²) in [6, 6.07) is 3.74. The van der Waals surface area contributed by atoms with Crippen molar-refractivity contribution < 1.29 is 9.59 Å². The van der Waals surface area contributed by atoms with Gasteiger partial charge in [0.25, 0.3) is 0 Å². The van der Waals surface area contributed by atoms with E-state index in [9.17, 15) is 9.59 Å². The van der Waals surface area contributed by atoms with E-state index in [-0.39, 0.29) is 18.2 Å². The fourth-order valence-electron chi connectivity index (χ4n) is 1.74. The summed E-state index contributed by atoms with van der Waals surface area (Å²) in [5.41, 5.74) is -0.447. The van der Waals surface area contributed by atoms with Gasteiger partial charge in [-0.05, 0) is 12.1 Å². The van der Waals surface area contributed by atoms with Gasteiger partial charge in [0.05, 0.1) is 10.9 Å². The van der Waals surface area contributed by atoms with Gasteiger partial charge in [-0.1, -0.05) is 38.4 Å². The molecule has 0 saturated heterocycles. The van der Waals surface area contributed by atoms with Gasteiger partial charge >= 0.3 is 0 Å². The minimum atomic E-state index is -0.447. The molecular formula is C16H23ClN2O2S. The van der Waals surface area contributed by atoms with Crippen LogP contribution >= 0.6 is 22.9 Å². The number of carbonyl (C=O) groups excluding carboxylic acids is 2. The summed E-state index contributed by atoms with van der Waals surface area (Å²) in [6.07, 6.45) is 1.97. The highest BCUT2D eigenvalue weighted by Crippen LogP contribution is 2.22. The third-order valence-corrected chi connectivity index (χ3v) is 4.20. The van der Waals surface area contributed by atoms with Crippen LogP contribution in [-0.2, 0) is 16.1 Å². The van der Waals surface area contributed by atoms with E-state index in [1.807, 2.05) is 32.9 Å². The maximum Gasteiger partial charge on any atom is 0.225 e. The van der Waals surface area contributed by atoms with E-state index in [2.05, 4.69) is 11.9 Å². The van der Waals surface area contributed by atoms with Crippen LogP contribution in [0.4, 0.5) is 0 Å². The van der Waals surface area contributed by atoms with Crippen molar-refractivity contribution in [3.63, 3.8) is 0 Å². The lowest BCUT2D eigenvalue weighted by Gasteiger charge is -2.22. The van der Waals surface area contributed by atoms with Gasteiger partial charge in [0.15, 0.2) is 0 Å². The molecule has 6 heteroatoms. The second-order valence-corrected chi connectivity index (χ2v) is 7.82. The molecule has 1 N–H and O–H groups in total. The summed E-state index contributed by atoms with van der Waals surface area (Å²) in [5, 5.41) is 2.79. The maximum absolute atomic E-state index is 12.3. The van der Waals surface area contributed by atoms with Crippen LogP contribution in [0.3, 0.4) is 0 Å². The van der Waals surface area contributed by atoms with Crippen molar-refractivity contribution in [1.82, 2.24) is 10.2 Å². The van der Waals surface area contributed by atoms with Crippen molar-refractivity contribution in [3.8, 4) is 0 Å². The van der Waals surface area contributed by atoms with Crippen molar-refractivity contribution in [2.75, 3.05) is 13.1 Å². The van der Waals surface area contributed by atoms with Gasteiger partial charge in [0.1, 0.15) is 0 Å². The molecule has 122 valence electrons. The first-order valence-electron chi connectivity index (χ1n) is 7.15. The van der Waals surface area contributed by atoms with Gasteiger partial charge in [-0.2, -0.15) is 0 Å². The molecular weight excluding hydrogens is 320 g/mol. The molecule has 0 aliphatic rings. The molecule has 2 amide bonds. The zero-order valence-electron chi connectivity index (χ0n) is 13.3. The van der Waals surface area contributed by atoms with Gasteiger partial charge < -0.3 is 10.2 Å². The van der Waals surface area contributed by atoms with E-state index in [1.165, 1.54) is 11.3 Å². The number of halogens is 1. The summed E-state index contributed by atoms with van der Waals surface area (Å²) in [7, 11) is 0. The Morgan fingerprint density at radius 3 is 2.59 bits per heavy atom. The average molecular weight is 343 g/mol. The highest BCUT2D eigenvalue weighted by atomic mass is 35.5. The lowest BCUT2D eigenvalue weighted by Crippen LogP contribution is -2.38. The van der Waals surface area contributed by atoms with E-state index in [0.717, 1.165) is 4.88 Å². The Kier molecular flexibility index (Phi) is 7.10. The fraction of sp³-hybridized carbons (Fsp3) is 0.500. The van der Waals surface area contributed by atoms with Crippen LogP contribution in [-0.4, -0.2) is 29.8 Å². The molecule has 0 unspecified atom stereocenters. The summed E-state index contributed by atoms with van der Waals surface area (Å²) >= 11 is 7.37. The average Bonchev–Trinajstić information content (AvgIpc) is 2.82. The van der Waals surface area contributed by atoms with Crippen LogP contribution < -0.4 is 5.32 Å². The van der Waals surface area contributed by atoms with Crippen LogP contribution in [0.25, 0.3) is 0 Å². The molecule has 1 aromatic rings. The summed E-state index contributed by atoms with van der Waals surface area (Å²) < 4.78 is 0.707. The van der Waals surface area contributed by atoms with Crippen molar-refractivity contribution in [2.24, 2.45) is 5.41 Å². The van der Waals surface area contributed by atoms with Crippen LogP contribution in [0.1, 0.15) is 32.1 Å². The summed E-state index contributed by atoms with van der Waals surface area (Å²) in [5.74, 6) is -0.0701. The second kappa shape index (κ2) is 8.34. The number of amides is 2. The van der Waals surface area contributed by atoms with Crippen LogP contribution in [0.15, 0.2) is 24.8 Å². The molecule has 0 radical (unpaired) electrons. The minimum Gasteiger partial charge on any atom is -0.355 e. The highest BCUT2D eigenvalue weighted by Gasteiger charge is 2.21. The molecule has 0 fully saturated rings. The van der Waals surface area contributed by atoms with Gasteiger partial charge in [-0.25, -0.2) is 0 Å². The Bertz CT molecular complexity index is 534. The topological polar surface area (TPSA) is 49.4 Å². The molecule has 0 aliphatic carbocycles. The molecule has 1 aromatic heterocycles. The van der Waals surface area contributed by atoms with E-state index in [1.54, 1.807) is 11.0 Å². The van der Waals surface area contributed by atoms with Crippen molar-refractivity contribution in [1.29, 1.82) is 0 Å². The zero-order chi connectivity index (χ0) is 16.8. The summed E-state index contributed by atoms with van der Waals surface area (Å²) in [6.45, 7) is 10.5. The van der Waals surface area contributed by atoms with Gasteiger partial charge in [-0.3, -0.25) is 9.59 Å². The Balaban J connectivity index is 2.51. The predicted octanol–water partition coefficient (Wildman–Crippen LogP) is 3.47. The maximum atomic E-state index is 12.3. The molecule has 0 bridgehead atoms. The first-order chi connectivity index (χ1) is 10.2. The lowest BCUT2D eigenvalue weighted by molar-refractivity contribution is -0.131. The van der Waals surface area contributed by atoms with Gasteiger partial charge in [-0.15, -0.1) is 17.9 Å². The zero-order valence-corrected chi connectivity index (χ0v) is 14.9. The number of nitrogens with zero attached hydrogens (tertiary/aromatic N) is 1. The third-order valence-electron chi connectivity index (χ3n) is 2.98. The molecule has 22 heavy (non-hydrogen) atoms. The first-order valence-corrected chi connectivity index (χ1v) is 8.34. The quantitative estimate of drug-likeness (QED) is 0.771. The molecule has 1 rings (SSSR count). The molecule has 0 aliphatic heterocycles. The first kappa shape index (κ1) is 18.7. The molecule has 0 saturated carbocycles. The Morgan fingerprint density at radius 2 is 2.09 bits per heavy atom. The number of thiophene rings is 1. The Labute approximate surface area is 141 Å². The SMILES string of the molecule is C=CCN(Cc1ccc(Cl)s1)C(=O)CCNC(=O)C(C)(C)C. The van der Waals surface area contributed by atoms with Crippen molar-refractivity contribution >= 4 is 34.8 Å². The van der Waals surface area contributed by atoms with E-state index >= 15 is 0 Å². The largest absolute Gasteiger partial charge is 0.355 e. The molecule has 0 aromatic carbocycles. The number of nitrogens with one attached hydrogen (secondary N) is 1. The lowest BCUT2D eigenvalue weighted by atomic mass is 9.96. The molecule has 4 nitrogen and oxygen atoms in total. The van der Waals surface area contributed by atoms with Crippen LogP contribution in [0.2, 0.25) is 4.34 Å². The van der Waals surface area contributed by atoms with Crippen molar-refractivity contribution in [3.05, 3.63) is 34.0 Å². The van der Waals surface area contributed by atoms with Crippen molar-refractivity contribution in [2.45, 2.75) is 33.7 Å². The highest BCUT2D eigenvalue weighted by molar-refractivity contribution is 7.16. The normalized spacial score (nSPS) is 11.1. The standard InChI is InChI=1S/C16H23ClN2O2S/c1-5-10-19(11-12-6-7-13(17)22-12)14(20)8-9-18-15(21)16(2,3)4/h5-7H,1,8-11H2,2-4H3,(H,18,21). The monoisotopic (exact) mass is 342 g/mol. The Hall–Kier alpha value is -1.33. The second-order valence-electron chi connectivity index (χ2n) is 6.02. The van der Waals surface area contributed by atoms with E-state index in [0.29, 0.717) is 24.0 Å². The molecule has 0 atom stereocenters. The number of hydrogen-bond acceptors (Lipinski definition) is 3. The number of carbonyl (C=O) groups is 2. The van der Waals surface area contributed by atoms with Gasteiger partial charge in [0, 0.05) is 29.8 Å². The van der Waals surface area contributed by atoms with Crippen LogP contribution in [0, 0.1) is 5.41 Å².